The molecule has 1 saturated heterocycles. The lowest BCUT2D eigenvalue weighted by molar-refractivity contribution is -0.127. The van der Waals surface area contributed by atoms with Crippen molar-refractivity contribution >= 4 is 31.1 Å². The molecule has 0 radical (unpaired) electrons. The molecule has 172 valence electrons. The van der Waals surface area contributed by atoms with Crippen molar-refractivity contribution < 1.29 is 48.5 Å². The van der Waals surface area contributed by atoms with Gasteiger partial charge in [-0.15, -0.1) is 0 Å². The first-order valence-corrected chi connectivity index (χ1v) is 10.5. The number of aliphatic hydroxyl groups is 4. The number of nitrogens with two attached hydrogens (primary N) is 1. The van der Waals surface area contributed by atoms with Gasteiger partial charge in [0.15, 0.2) is 17.8 Å². The molecule has 31 heavy (non-hydrogen) atoms. The maximum Gasteiger partial charge on any atom is 0.472 e. The number of ether oxygens (including phenoxy) is 1. The number of phosphoric ester groups is 1. The average molecular weight is 463 g/mol. The smallest absolute Gasteiger partial charge is 0.394 e. The van der Waals surface area contributed by atoms with Gasteiger partial charge in [0, 0.05) is 6.42 Å². The van der Waals surface area contributed by atoms with E-state index in [0.717, 1.165) is 0 Å². The number of rotatable bonds is 10. The van der Waals surface area contributed by atoms with E-state index in [0.29, 0.717) is 11.2 Å². The zero-order chi connectivity index (χ0) is 22.8. The molecule has 7 atom stereocenters. The Hall–Kier alpha value is -2.07. The number of carbonyl (C=O) groups is 1. The van der Waals surface area contributed by atoms with Crippen LogP contribution in [0.5, 0.6) is 0 Å². The SMILES string of the molecule is Nc1ncnc2c1ncn2[C@H]1CC(O)[C@@H](COP(=O)(O)O[C@@H]([C@H](O)CO)[C@@H](O)C=O)O1. The molecule has 2 unspecified atom stereocenters. The molecule has 2 aromatic rings. The van der Waals surface area contributed by atoms with E-state index in [2.05, 4.69) is 19.5 Å². The standard InChI is InChI=1S/C15H22N5O10P/c16-14-12-15(18-5-17-14)20(6-19-12)11-1-7(23)10(29-11)4-28-31(26,27)30-13(8(24)2-21)9(25)3-22/h2,5-11,13,22-25H,1,3-4H2,(H,26,27)(H2,16,17,18)/t7?,8-,9+,10+,11+,13+/m0/s1. The minimum Gasteiger partial charge on any atom is -0.394 e. The van der Waals surface area contributed by atoms with Gasteiger partial charge in [-0.25, -0.2) is 19.5 Å². The zero-order valence-corrected chi connectivity index (χ0v) is 16.8. The second-order valence-electron chi connectivity index (χ2n) is 6.73. The van der Waals surface area contributed by atoms with Crippen molar-refractivity contribution in [1.82, 2.24) is 19.5 Å². The van der Waals surface area contributed by atoms with Gasteiger partial charge < -0.3 is 40.6 Å². The molecule has 3 heterocycles. The third kappa shape index (κ3) is 5.23. The van der Waals surface area contributed by atoms with Crippen LogP contribution in [0.4, 0.5) is 5.82 Å². The predicted octanol–water partition coefficient (Wildman–Crippen LogP) is -2.53. The van der Waals surface area contributed by atoms with Gasteiger partial charge in [0.2, 0.25) is 0 Å². The number of phosphoric acid groups is 1. The van der Waals surface area contributed by atoms with Gasteiger partial charge in [0.1, 0.15) is 42.5 Å². The van der Waals surface area contributed by atoms with Gasteiger partial charge in [-0.3, -0.25) is 13.6 Å². The van der Waals surface area contributed by atoms with Gasteiger partial charge in [-0.1, -0.05) is 0 Å². The Morgan fingerprint density at radius 1 is 1.39 bits per heavy atom. The van der Waals surface area contributed by atoms with Gasteiger partial charge in [-0.2, -0.15) is 0 Å². The molecule has 2 aromatic heterocycles. The van der Waals surface area contributed by atoms with Crippen molar-refractivity contribution in [3.63, 3.8) is 0 Å². The Kier molecular flexibility index (Phi) is 7.31. The van der Waals surface area contributed by atoms with Gasteiger partial charge in [-0.05, 0) is 0 Å². The molecule has 0 spiro atoms. The quantitative estimate of drug-likeness (QED) is 0.158. The number of carbonyl (C=O) groups excluding carboxylic acids is 1. The summed E-state index contributed by atoms with van der Waals surface area (Å²) in [6.45, 7) is -1.55. The number of fused-ring (bicyclic) bond motifs is 1. The first kappa shape index (κ1) is 23.6. The van der Waals surface area contributed by atoms with E-state index in [4.69, 9.17) is 20.1 Å². The Labute approximate surface area is 174 Å². The van der Waals surface area contributed by atoms with Crippen molar-refractivity contribution in [3.8, 4) is 0 Å². The van der Waals surface area contributed by atoms with Crippen molar-refractivity contribution in [3.05, 3.63) is 12.7 Å². The first-order valence-electron chi connectivity index (χ1n) is 9.01. The summed E-state index contributed by atoms with van der Waals surface area (Å²) in [6, 6.07) is 0. The van der Waals surface area contributed by atoms with E-state index in [1.807, 2.05) is 0 Å². The number of hydrogen-bond acceptors (Lipinski definition) is 13. The largest absolute Gasteiger partial charge is 0.472 e. The van der Waals surface area contributed by atoms with Crippen molar-refractivity contribution in [1.29, 1.82) is 0 Å². The van der Waals surface area contributed by atoms with E-state index in [1.54, 1.807) is 0 Å². The number of anilines is 1. The second kappa shape index (κ2) is 9.60. The molecule has 1 aliphatic rings. The molecular weight excluding hydrogens is 441 g/mol. The maximum absolute atomic E-state index is 12.2. The molecule has 3 rings (SSSR count). The highest BCUT2D eigenvalue weighted by Gasteiger charge is 2.40. The molecule has 16 heteroatoms. The zero-order valence-electron chi connectivity index (χ0n) is 15.9. The van der Waals surface area contributed by atoms with E-state index in [1.165, 1.54) is 17.2 Å². The number of aliphatic hydroxyl groups excluding tert-OH is 4. The summed E-state index contributed by atoms with van der Waals surface area (Å²) in [5, 5.41) is 38.3. The average Bonchev–Trinajstić information content (AvgIpc) is 3.33. The van der Waals surface area contributed by atoms with Crippen LogP contribution in [0.15, 0.2) is 12.7 Å². The van der Waals surface area contributed by atoms with E-state index in [9.17, 15) is 29.6 Å². The van der Waals surface area contributed by atoms with Crippen LogP contribution in [0.1, 0.15) is 12.6 Å². The van der Waals surface area contributed by atoms with Crippen molar-refractivity contribution in [2.75, 3.05) is 18.9 Å². The lowest BCUT2D eigenvalue weighted by Gasteiger charge is -2.26. The Balaban J connectivity index is 1.64. The summed E-state index contributed by atoms with van der Waals surface area (Å²) in [7, 11) is -4.92. The molecule has 1 fully saturated rings. The first-order chi connectivity index (χ1) is 14.7. The molecule has 0 bridgehead atoms. The summed E-state index contributed by atoms with van der Waals surface area (Å²) in [4.78, 5) is 32.6. The minimum atomic E-state index is -4.92. The number of hydrogen-bond donors (Lipinski definition) is 6. The summed E-state index contributed by atoms with van der Waals surface area (Å²) in [5.41, 5.74) is 6.45. The van der Waals surface area contributed by atoms with Crippen molar-refractivity contribution in [2.24, 2.45) is 0 Å². The molecule has 0 saturated carbocycles. The van der Waals surface area contributed by atoms with Gasteiger partial charge >= 0.3 is 7.82 Å². The van der Waals surface area contributed by atoms with Crippen LogP contribution in [-0.2, 0) is 23.1 Å². The molecule has 0 aromatic carbocycles. The van der Waals surface area contributed by atoms with Crippen molar-refractivity contribution in [2.45, 2.75) is 43.2 Å². The van der Waals surface area contributed by atoms with Crippen LogP contribution >= 0.6 is 7.82 Å². The van der Waals surface area contributed by atoms with E-state index in [-0.39, 0.29) is 18.5 Å². The summed E-state index contributed by atoms with van der Waals surface area (Å²) in [5.74, 6) is 0.165. The normalized spacial score (nSPS) is 26.4. The highest BCUT2D eigenvalue weighted by atomic mass is 31.2. The number of nitrogens with zero attached hydrogens (tertiary/aromatic N) is 4. The summed E-state index contributed by atoms with van der Waals surface area (Å²) >= 11 is 0. The van der Waals surface area contributed by atoms with Crippen LogP contribution in [0, 0.1) is 0 Å². The van der Waals surface area contributed by atoms with Gasteiger partial charge in [0.25, 0.3) is 0 Å². The highest BCUT2D eigenvalue weighted by Crippen LogP contribution is 2.46. The summed E-state index contributed by atoms with van der Waals surface area (Å²) in [6.07, 6.45) is -5.93. The third-order valence-corrected chi connectivity index (χ3v) is 5.59. The molecule has 7 N–H and O–H groups in total. The van der Waals surface area contributed by atoms with Gasteiger partial charge in [0.05, 0.1) is 25.6 Å². The molecule has 0 amide bonds. The number of imidazole rings is 1. The fourth-order valence-corrected chi connectivity index (χ4v) is 3.98. The second-order valence-corrected chi connectivity index (χ2v) is 8.13. The summed E-state index contributed by atoms with van der Waals surface area (Å²) < 4.78 is 28.8. The predicted molar refractivity (Wildman–Crippen MR) is 100 cm³/mol. The number of nitrogen functional groups attached to an aromatic ring is 1. The fraction of sp³-hybridized carbons (Fsp3) is 0.600. The highest BCUT2D eigenvalue weighted by molar-refractivity contribution is 7.47. The maximum atomic E-state index is 12.2. The molecular formula is C15H22N5O10P. The molecule has 1 aliphatic heterocycles. The van der Waals surface area contributed by atoms with Crippen LogP contribution in [0.3, 0.4) is 0 Å². The monoisotopic (exact) mass is 463 g/mol. The Morgan fingerprint density at radius 2 is 2.13 bits per heavy atom. The third-order valence-electron chi connectivity index (χ3n) is 4.60. The Morgan fingerprint density at radius 3 is 2.81 bits per heavy atom. The minimum absolute atomic E-state index is 0.0380. The lowest BCUT2D eigenvalue weighted by Crippen LogP contribution is -2.42. The lowest BCUT2D eigenvalue weighted by atomic mass is 10.1. The van der Waals surface area contributed by atoms with E-state index >= 15 is 0 Å². The topological polar surface area (TPSA) is 233 Å². The fourth-order valence-electron chi connectivity index (χ4n) is 3.01. The molecule has 0 aliphatic carbocycles. The van der Waals surface area contributed by atoms with Crippen LogP contribution in [0.2, 0.25) is 0 Å². The Bertz CT molecular complexity index is 959. The van der Waals surface area contributed by atoms with Crippen LogP contribution in [0.25, 0.3) is 11.2 Å². The molecule has 15 nitrogen and oxygen atoms in total. The number of aldehydes is 1. The van der Waals surface area contributed by atoms with Crippen LogP contribution in [-0.4, -0.2) is 94.9 Å². The van der Waals surface area contributed by atoms with Crippen LogP contribution < -0.4 is 5.73 Å². The number of aromatic nitrogens is 4. The van der Waals surface area contributed by atoms with E-state index < -0.39 is 57.8 Å².